The van der Waals surface area contributed by atoms with Crippen molar-refractivity contribution < 1.29 is 4.74 Å². The Labute approximate surface area is 144 Å². The summed E-state index contributed by atoms with van der Waals surface area (Å²) >= 11 is 0. The van der Waals surface area contributed by atoms with Crippen molar-refractivity contribution in [3.05, 3.63) is 76.9 Å². The first-order valence-electron chi connectivity index (χ1n) is 9.03. The SMILES string of the molecule is c1ccc(CC2=C(CCN3CCOCC3)c3ccccc3C2)cc1. The van der Waals surface area contributed by atoms with Crippen molar-refractivity contribution in [1.29, 1.82) is 0 Å². The third kappa shape index (κ3) is 3.45. The van der Waals surface area contributed by atoms with Gasteiger partial charge in [-0.25, -0.2) is 0 Å². The lowest BCUT2D eigenvalue weighted by atomic mass is 9.98. The molecule has 1 aliphatic heterocycles. The molecule has 124 valence electrons. The summed E-state index contributed by atoms with van der Waals surface area (Å²) < 4.78 is 5.47. The van der Waals surface area contributed by atoms with Crippen LogP contribution in [0, 0.1) is 0 Å². The average Bonchev–Trinajstić information content (AvgIpc) is 2.99. The van der Waals surface area contributed by atoms with Gasteiger partial charge in [-0.2, -0.15) is 0 Å². The quantitative estimate of drug-likeness (QED) is 0.827. The van der Waals surface area contributed by atoms with Gasteiger partial charge in [-0.1, -0.05) is 60.2 Å². The Kier molecular flexibility index (Phi) is 4.77. The van der Waals surface area contributed by atoms with Gasteiger partial charge in [-0.15, -0.1) is 0 Å². The van der Waals surface area contributed by atoms with E-state index in [-0.39, 0.29) is 0 Å². The number of rotatable bonds is 5. The number of benzene rings is 2. The molecule has 0 amide bonds. The lowest BCUT2D eigenvalue weighted by molar-refractivity contribution is 0.0390. The second kappa shape index (κ2) is 7.33. The van der Waals surface area contributed by atoms with Crippen molar-refractivity contribution in [3.63, 3.8) is 0 Å². The van der Waals surface area contributed by atoms with Gasteiger partial charge < -0.3 is 4.74 Å². The largest absolute Gasteiger partial charge is 0.379 e. The smallest absolute Gasteiger partial charge is 0.0594 e. The molecule has 0 saturated carbocycles. The van der Waals surface area contributed by atoms with E-state index in [4.69, 9.17) is 4.74 Å². The highest BCUT2D eigenvalue weighted by atomic mass is 16.5. The van der Waals surface area contributed by atoms with Crippen LogP contribution in [0.3, 0.4) is 0 Å². The second-order valence-corrected chi connectivity index (χ2v) is 6.78. The van der Waals surface area contributed by atoms with E-state index >= 15 is 0 Å². The van der Waals surface area contributed by atoms with Crippen LogP contribution < -0.4 is 0 Å². The fourth-order valence-corrected chi connectivity index (χ4v) is 3.91. The molecule has 0 atom stereocenters. The lowest BCUT2D eigenvalue weighted by Gasteiger charge is -2.27. The summed E-state index contributed by atoms with van der Waals surface area (Å²) in [6.45, 7) is 5.05. The van der Waals surface area contributed by atoms with Crippen LogP contribution in [0.25, 0.3) is 5.57 Å². The number of fused-ring (bicyclic) bond motifs is 1. The van der Waals surface area contributed by atoms with Gasteiger partial charge in [0.25, 0.3) is 0 Å². The first-order chi connectivity index (χ1) is 11.9. The molecular weight excluding hydrogens is 294 g/mol. The maximum atomic E-state index is 5.47. The molecule has 2 aromatic rings. The molecule has 24 heavy (non-hydrogen) atoms. The maximum absolute atomic E-state index is 5.47. The minimum Gasteiger partial charge on any atom is -0.379 e. The molecule has 1 aliphatic carbocycles. The summed E-state index contributed by atoms with van der Waals surface area (Å²) in [6, 6.07) is 19.8. The van der Waals surface area contributed by atoms with Crippen LogP contribution in [0.4, 0.5) is 0 Å². The fourth-order valence-electron chi connectivity index (χ4n) is 3.91. The highest BCUT2D eigenvalue weighted by molar-refractivity contribution is 5.77. The molecule has 1 fully saturated rings. The zero-order valence-corrected chi connectivity index (χ0v) is 14.2. The molecule has 0 bridgehead atoms. The van der Waals surface area contributed by atoms with E-state index in [2.05, 4.69) is 59.5 Å². The van der Waals surface area contributed by atoms with Crippen molar-refractivity contribution in [2.75, 3.05) is 32.8 Å². The second-order valence-electron chi connectivity index (χ2n) is 6.78. The Bertz CT molecular complexity index is 714. The maximum Gasteiger partial charge on any atom is 0.0594 e. The van der Waals surface area contributed by atoms with Crippen LogP contribution in [0.1, 0.15) is 23.1 Å². The zero-order valence-electron chi connectivity index (χ0n) is 14.2. The molecule has 2 heteroatoms. The van der Waals surface area contributed by atoms with Crippen molar-refractivity contribution in [2.24, 2.45) is 0 Å². The minimum absolute atomic E-state index is 0.881. The predicted molar refractivity (Wildman–Crippen MR) is 99.1 cm³/mol. The molecule has 0 spiro atoms. The molecule has 0 unspecified atom stereocenters. The summed E-state index contributed by atoms with van der Waals surface area (Å²) in [7, 11) is 0. The van der Waals surface area contributed by atoms with Gasteiger partial charge in [0, 0.05) is 19.6 Å². The summed E-state index contributed by atoms with van der Waals surface area (Å²) in [5.74, 6) is 0. The van der Waals surface area contributed by atoms with Gasteiger partial charge in [-0.05, 0) is 41.5 Å². The van der Waals surface area contributed by atoms with Gasteiger partial charge >= 0.3 is 0 Å². The van der Waals surface area contributed by atoms with E-state index in [9.17, 15) is 0 Å². The predicted octanol–water partition coefficient (Wildman–Crippen LogP) is 3.96. The standard InChI is InChI=1S/C22H25NO/c1-2-6-18(7-3-1)16-20-17-19-8-4-5-9-21(19)22(20)10-11-23-12-14-24-15-13-23/h1-9H,10-17H2. The van der Waals surface area contributed by atoms with E-state index in [1.165, 1.54) is 16.7 Å². The molecule has 2 nitrogen and oxygen atoms in total. The number of hydrogen-bond donors (Lipinski definition) is 0. The fraction of sp³-hybridized carbons (Fsp3) is 0.364. The third-order valence-corrected chi connectivity index (χ3v) is 5.22. The van der Waals surface area contributed by atoms with Crippen molar-refractivity contribution in [1.82, 2.24) is 4.90 Å². The summed E-state index contributed by atoms with van der Waals surface area (Å²) in [5, 5.41) is 0. The van der Waals surface area contributed by atoms with E-state index in [1.54, 1.807) is 11.1 Å². The summed E-state index contributed by atoms with van der Waals surface area (Å²) in [5.41, 5.74) is 7.60. The molecule has 0 radical (unpaired) electrons. The molecule has 4 rings (SSSR count). The molecule has 2 aromatic carbocycles. The Morgan fingerprint density at radius 3 is 2.46 bits per heavy atom. The van der Waals surface area contributed by atoms with Gasteiger partial charge in [0.2, 0.25) is 0 Å². The lowest BCUT2D eigenvalue weighted by Crippen LogP contribution is -2.36. The Balaban J connectivity index is 1.55. The monoisotopic (exact) mass is 319 g/mol. The normalized spacial score (nSPS) is 18.0. The van der Waals surface area contributed by atoms with E-state index in [1.807, 2.05) is 0 Å². The van der Waals surface area contributed by atoms with E-state index in [0.29, 0.717) is 0 Å². The minimum atomic E-state index is 0.881. The van der Waals surface area contributed by atoms with Crippen LogP contribution in [-0.2, 0) is 17.6 Å². The summed E-state index contributed by atoms with van der Waals surface area (Å²) in [6.07, 6.45) is 3.34. The van der Waals surface area contributed by atoms with Crippen LogP contribution in [0.5, 0.6) is 0 Å². The number of ether oxygens (including phenoxy) is 1. The molecule has 1 heterocycles. The highest BCUT2D eigenvalue weighted by Gasteiger charge is 2.22. The van der Waals surface area contributed by atoms with Crippen molar-refractivity contribution >= 4 is 5.57 Å². The highest BCUT2D eigenvalue weighted by Crippen LogP contribution is 2.36. The van der Waals surface area contributed by atoms with Gasteiger partial charge in [0.15, 0.2) is 0 Å². The van der Waals surface area contributed by atoms with Crippen molar-refractivity contribution in [2.45, 2.75) is 19.3 Å². The first kappa shape index (κ1) is 15.6. The van der Waals surface area contributed by atoms with Crippen molar-refractivity contribution in [3.8, 4) is 0 Å². The Hall–Kier alpha value is -1.90. The summed E-state index contributed by atoms with van der Waals surface area (Å²) in [4.78, 5) is 2.54. The van der Waals surface area contributed by atoms with E-state index < -0.39 is 0 Å². The molecular formula is C22H25NO. The number of morpholine rings is 1. The molecule has 0 N–H and O–H groups in total. The molecule has 1 saturated heterocycles. The van der Waals surface area contributed by atoms with Crippen LogP contribution in [-0.4, -0.2) is 37.7 Å². The number of nitrogens with zero attached hydrogens (tertiary/aromatic N) is 1. The zero-order chi connectivity index (χ0) is 16.2. The average molecular weight is 319 g/mol. The van der Waals surface area contributed by atoms with Crippen LogP contribution >= 0.6 is 0 Å². The van der Waals surface area contributed by atoms with Crippen LogP contribution in [0.15, 0.2) is 60.2 Å². The molecule has 0 aromatic heterocycles. The Morgan fingerprint density at radius 2 is 1.62 bits per heavy atom. The Morgan fingerprint density at radius 1 is 0.875 bits per heavy atom. The van der Waals surface area contributed by atoms with Gasteiger partial charge in [0.05, 0.1) is 13.2 Å². The molecule has 2 aliphatic rings. The third-order valence-electron chi connectivity index (χ3n) is 5.22. The van der Waals surface area contributed by atoms with Gasteiger partial charge in [-0.3, -0.25) is 4.90 Å². The van der Waals surface area contributed by atoms with E-state index in [0.717, 1.165) is 52.1 Å². The topological polar surface area (TPSA) is 12.5 Å². The van der Waals surface area contributed by atoms with Gasteiger partial charge in [0.1, 0.15) is 0 Å². The van der Waals surface area contributed by atoms with Crippen LogP contribution in [0.2, 0.25) is 0 Å². The number of allylic oxidation sites excluding steroid dienone is 1. The number of hydrogen-bond acceptors (Lipinski definition) is 2. The first-order valence-corrected chi connectivity index (χ1v) is 9.03.